The number of benzene rings is 2. The van der Waals surface area contributed by atoms with Crippen molar-refractivity contribution in [1.29, 1.82) is 0 Å². The maximum absolute atomic E-state index is 12.5. The first-order valence-electron chi connectivity index (χ1n) is 10.6. The van der Waals surface area contributed by atoms with Crippen molar-refractivity contribution < 1.29 is 9.59 Å². The average Bonchev–Trinajstić information content (AvgIpc) is 3.24. The number of nitrogens with one attached hydrogen (secondary N) is 2. The maximum atomic E-state index is 12.5. The van der Waals surface area contributed by atoms with Crippen LogP contribution in [0.1, 0.15) is 41.5 Å². The monoisotopic (exact) mass is 391 g/mol. The molecule has 0 aromatic heterocycles. The van der Waals surface area contributed by atoms with E-state index in [-0.39, 0.29) is 17.9 Å². The Morgan fingerprint density at radius 2 is 1.59 bits per heavy atom. The lowest BCUT2D eigenvalue weighted by Crippen LogP contribution is -2.46. The fourth-order valence-electron chi connectivity index (χ4n) is 4.30. The Kier molecular flexibility index (Phi) is 6.13. The van der Waals surface area contributed by atoms with E-state index in [1.165, 1.54) is 24.0 Å². The number of hydrogen-bond acceptors (Lipinski definition) is 2. The summed E-state index contributed by atoms with van der Waals surface area (Å²) in [6.45, 7) is 2.36. The molecule has 1 aliphatic carbocycles. The molecule has 5 heteroatoms. The predicted octanol–water partition coefficient (Wildman–Crippen LogP) is 3.41. The van der Waals surface area contributed by atoms with Crippen LogP contribution in [0.3, 0.4) is 0 Å². The Bertz CT molecular complexity index is 858. The Balaban J connectivity index is 1.19. The van der Waals surface area contributed by atoms with E-state index in [0.29, 0.717) is 39.0 Å². The molecule has 1 fully saturated rings. The van der Waals surface area contributed by atoms with Gasteiger partial charge in [0, 0.05) is 32.1 Å². The Morgan fingerprint density at radius 1 is 0.862 bits per heavy atom. The minimum Gasteiger partial charge on any atom is -0.352 e. The number of piperidine rings is 1. The van der Waals surface area contributed by atoms with Gasteiger partial charge in [-0.2, -0.15) is 0 Å². The van der Waals surface area contributed by atoms with Gasteiger partial charge in [-0.1, -0.05) is 48.5 Å². The molecule has 1 aliphatic heterocycles. The molecule has 152 valence electrons. The molecule has 0 spiro atoms. The van der Waals surface area contributed by atoms with Gasteiger partial charge >= 0.3 is 6.03 Å². The van der Waals surface area contributed by atoms with Crippen molar-refractivity contribution in [2.45, 2.75) is 45.2 Å². The van der Waals surface area contributed by atoms with E-state index in [1.54, 1.807) is 0 Å². The minimum atomic E-state index is -0.0337. The lowest BCUT2D eigenvalue weighted by atomic mass is 9.96. The van der Waals surface area contributed by atoms with Gasteiger partial charge in [-0.25, -0.2) is 4.79 Å². The molecule has 5 nitrogen and oxygen atoms in total. The van der Waals surface area contributed by atoms with E-state index in [1.807, 2.05) is 35.2 Å². The number of fused-ring (bicyclic) bond motifs is 1. The first-order valence-corrected chi connectivity index (χ1v) is 10.6. The largest absolute Gasteiger partial charge is 0.352 e. The molecule has 1 heterocycles. The fourth-order valence-corrected chi connectivity index (χ4v) is 4.30. The lowest BCUT2D eigenvalue weighted by Gasteiger charge is -2.31. The average molecular weight is 392 g/mol. The lowest BCUT2D eigenvalue weighted by molar-refractivity contribution is -0.126. The number of rotatable bonds is 5. The highest BCUT2D eigenvalue weighted by molar-refractivity contribution is 5.79. The van der Waals surface area contributed by atoms with Crippen LogP contribution in [-0.4, -0.2) is 29.9 Å². The number of amides is 3. The van der Waals surface area contributed by atoms with Crippen molar-refractivity contribution in [2.24, 2.45) is 5.92 Å². The summed E-state index contributed by atoms with van der Waals surface area (Å²) in [5.74, 6) is 0.0755. The number of carbonyl (C=O) groups excluding carboxylic acids is 2. The second kappa shape index (κ2) is 9.12. The number of urea groups is 1. The standard InChI is InChI=1S/C24H29N3O2/c28-23(25-16-18-5-2-1-3-6-18)21-11-13-27(14-12-21)24(29)26-17-19-9-10-20-7-4-8-22(20)15-19/h1-3,5-6,9-10,15,21H,4,7-8,11-14,16-17H2,(H,25,28)(H,26,29). The van der Waals surface area contributed by atoms with Crippen molar-refractivity contribution in [3.63, 3.8) is 0 Å². The summed E-state index contributed by atoms with van der Waals surface area (Å²) in [5.41, 5.74) is 5.14. The summed E-state index contributed by atoms with van der Waals surface area (Å²) in [6, 6.07) is 16.4. The van der Waals surface area contributed by atoms with E-state index >= 15 is 0 Å². The van der Waals surface area contributed by atoms with E-state index in [9.17, 15) is 9.59 Å². The van der Waals surface area contributed by atoms with Crippen LogP contribution in [0.2, 0.25) is 0 Å². The van der Waals surface area contributed by atoms with Crippen LogP contribution >= 0.6 is 0 Å². The molecule has 0 radical (unpaired) electrons. The van der Waals surface area contributed by atoms with Crippen molar-refractivity contribution in [3.8, 4) is 0 Å². The quantitative estimate of drug-likeness (QED) is 0.820. The summed E-state index contributed by atoms with van der Waals surface area (Å²) < 4.78 is 0. The van der Waals surface area contributed by atoms with Crippen molar-refractivity contribution >= 4 is 11.9 Å². The molecule has 0 bridgehead atoms. The predicted molar refractivity (Wildman–Crippen MR) is 113 cm³/mol. The fraction of sp³-hybridized carbons (Fsp3) is 0.417. The topological polar surface area (TPSA) is 61.4 Å². The molecule has 1 saturated heterocycles. The summed E-state index contributed by atoms with van der Waals surface area (Å²) in [7, 11) is 0. The van der Waals surface area contributed by atoms with Gasteiger partial charge in [-0.15, -0.1) is 0 Å². The van der Waals surface area contributed by atoms with E-state index < -0.39 is 0 Å². The van der Waals surface area contributed by atoms with Crippen LogP contribution in [-0.2, 0) is 30.7 Å². The SMILES string of the molecule is O=C(NCc1ccccc1)C1CCN(C(=O)NCc2ccc3c(c2)CCC3)CC1. The zero-order valence-electron chi connectivity index (χ0n) is 16.8. The molecule has 29 heavy (non-hydrogen) atoms. The van der Waals surface area contributed by atoms with Gasteiger partial charge in [0.1, 0.15) is 0 Å². The summed E-state index contributed by atoms with van der Waals surface area (Å²) >= 11 is 0. The third-order valence-electron chi connectivity index (χ3n) is 6.07. The van der Waals surface area contributed by atoms with E-state index in [0.717, 1.165) is 17.5 Å². The Morgan fingerprint density at radius 3 is 2.38 bits per heavy atom. The summed E-state index contributed by atoms with van der Waals surface area (Å²) in [5, 5.41) is 6.06. The Hall–Kier alpha value is -2.82. The van der Waals surface area contributed by atoms with E-state index in [4.69, 9.17) is 0 Å². The normalized spacial score (nSPS) is 16.3. The molecular weight excluding hydrogens is 362 g/mol. The summed E-state index contributed by atoms with van der Waals surface area (Å²) in [6.07, 6.45) is 4.99. The molecule has 2 aromatic carbocycles. The molecule has 0 unspecified atom stereocenters. The Labute approximate surface area is 172 Å². The highest BCUT2D eigenvalue weighted by atomic mass is 16.2. The van der Waals surface area contributed by atoms with Gasteiger partial charge in [0.25, 0.3) is 0 Å². The zero-order chi connectivity index (χ0) is 20.1. The molecule has 4 rings (SSSR count). The van der Waals surface area contributed by atoms with Crippen LogP contribution < -0.4 is 10.6 Å². The van der Waals surface area contributed by atoms with Gasteiger partial charge in [-0.05, 0) is 54.4 Å². The van der Waals surface area contributed by atoms with Gasteiger partial charge in [0.05, 0.1) is 0 Å². The molecule has 2 aromatic rings. The van der Waals surface area contributed by atoms with Crippen LogP contribution in [0.25, 0.3) is 0 Å². The molecule has 3 amide bonds. The molecule has 2 N–H and O–H groups in total. The number of aryl methyl sites for hydroxylation is 2. The third kappa shape index (κ3) is 4.97. The minimum absolute atomic E-state index is 0.0144. The van der Waals surface area contributed by atoms with Gasteiger partial charge in [0.2, 0.25) is 5.91 Å². The first kappa shape index (κ1) is 19.5. The van der Waals surface area contributed by atoms with Gasteiger partial charge < -0.3 is 15.5 Å². The van der Waals surface area contributed by atoms with Crippen LogP contribution in [0.4, 0.5) is 4.79 Å². The number of nitrogens with zero attached hydrogens (tertiary/aromatic N) is 1. The number of likely N-dealkylation sites (tertiary alicyclic amines) is 1. The van der Waals surface area contributed by atoms with Crippen molar-refractivity contribution in [1.82, 2.24) is 15.5 Å². The smallest absolute Gasteiger partial charge is 0.317 e. The maximum Gasteiger partial charge on any atom is 0.317 e. The first-order chi connectivity index (χ1) is 14.2. The summed E-state index contributed by atoms with van der Waals surface area (Å²) in [4.78, 5) is 26.8. The van der Waals surface area contributed by atoms with Gasteiger partial charge in [0.15, 0.2) is 0 Å². The van der Waals surface area contributed by atoms with Gasteiger partial charge in [-0.3, -0.25) is 4.79 Å². The van der Waals surface area contributed by atoms with Crippen molar-refractivity contribution in [2.75, 3.05) is 13.1 Å². The third-order valence-corrected chi connectivity index (χ3v) is 6.07. The number of carbonyl (C=O) groups is 2. The molecule has 0 atom stereocenters. The zero-order valence-corrected chi connectivity index (χ0v) is 16.8. The highest BCUT2D eigenvalue weighted by Gasteiger charge is 2.27. The molecule has 0 saturated carbocycles. The van der Waals surface area contributed by atoms with E-state index in [2.05, 4.69) is 28.8 Å². The number of hydrogen-bond donors (Lipinski definition) is 2. The van der Waals surface area contributed by atoms with Crippen LogP contribution in [0, 0.1) is 5.92 Å². The second-order valence-corrected chi connectivity index (χ2v) is 8.08. The van der Waals surface area contributed by atoms with Crippen LogP contribution in [0.5, 0.6) is 0 Å². The van der Waals surface area contributed by atoms with Crippen molar-refractivity contribution in [3.05, 3.63) is 70.8 Å². The highest BCUT2D eigenvalue weighted by Crippen LogP contribution is 2.23. The molecular formula is C24H29N3O2. The second-order valence-electron chi connectivity index (χ2n) is 8.08. The van der Waals surface area contributed by atoms with Crippen LogP contribution in [0.15, 0.2) is 48.5 Å². The molecule has 2 aliphatic rings.